The highest BCUT2D eigenvalue weighted by molar-refractivity contribution is 5.42. The van der Waals surface area contributed by atoms with Crippen molar-refractivity contribution in [1.29, 1.82) is 0 Å². The lowest BCUT2D eigenvalue weighted by Gasteiger charge is -2.26. The number of aryl methyl sites for hydroxylation is 1. The summed E-state index contributed by atoms with van der Waals surface area (Å²) in [4.78, 5) is 0. The number of hydrogen-bond acceptors (Lipinski definition) is 3. The predicted molar refractivity (Wildman–Crippen MR) is 67.9 cm³/mol. The number of phenols is 2. The minimum absolute atomic E-state index is 0.0332. The van der Waals surface area contributed by atoms with Crippen LogP contribution >= 0.6 is 0 Å². The lowest BCUT2D eigenvalue weighted by molar-refractivity contribution is 0.176. The molecule has 0 bridgehead atoms. The van der Waals surface area contributed by atoms with Crippen molar-refractivity contribution in [3.63, 3.8) is 0 Å². The molecule has 3 heteroatoms. The van der Waals surface area contributed by atoms with Gasteiger partial charge in [-0.3, -0.25) is 0 Å². The summed E-state index contributed by atoms with van der Waals surface area (Å²) in [7, 11) is 0. The molecule has 0 radical (unpaired) electrons. The zero-order chi connectivity index (χ0) is 12.5. The molecule has 0 saturated heterocycles. The summed E-state index contributed by atoms with van der Waals surface area (Å²) in [6.45, 7) is 0. The average Bonchev–Trinajstić information content (AvgIpc) is 2.38. The maximum absolute atomic E-state index is 9.49. The fourth-order valence-corrected chi connectivity index (χ4v) is 2.33. The summed E-state index contributed by atoms with van der Waals surface area (Å²) in [6.07, 6.45) is 1.68. The van der Waals surface area contributed by atoms with E-state index in [1.165, 1.54) is 0 Å². The van der Waals surface area contributed by atoms with E-state index in [4.69, 9.17) is 4.74 Å². The Morgan fingerprint density at radius 3 is 2.67 bits per heavy atom. The second kappa shape index (κ2) is 4.26. The molecule has 18 heavy (non-hydrogen) atoms. The van der Waals surface area contributed by atoms with Crippen molar-refractivity contribution >= 4 is 0 Å². The molecule has 0 spiro atoms. The number of fused-ring (bicyclic) bond motifs is 1. The highest BCUT2D eigenvalue weighted by atomic mass is 16.5. The Morgan fingerprint density at radius 1 is 1.00 bits per heavy atom. The zero-order valence-electron chi connectivity index (χ0n) is 9.84. The summed E-state index contributed by atoms with van der Waals surface area (Å²) in [5.41, 5.74) is 2.01. The van der Waals surface area contributed by atoms with E-state index >= 15 is 0 Å². The molecule has 0 saturated carbocycles. The van der Waals surface area contributed by atoms with Crippen LogP contribution in [-0.4, -0.2) is 10.2 Å². The van der Waals surface area contributed by atoms with E-state index in [1.54, 1.807) is 30.3 Å². The molecular weight excluding hydrogens is 228 g/mol. The van der Waals surface area contributed by atoms with Crippen LogP contribution in [0.3, 0.4) is 0 Å². The van der Waals surface area contributed by atoms with Crippen molar-refractivity contribution in [3.8, 4) is 17.2 Å². The van der Waals surface area contributed by atoms with Gasteiger partial charge >= 0.3 is 0 Å². The van der Waals surface area contributed by atoms with Gasteiger partial charge in [-0.15, -0.1) is 0 Å². The van der Waals surface area contributed by atoms with Crippen molar-refractivity contribution in [3.05, 3.63) is 53.6 Å². The number of phenolic OH excluding ortho intramolecular Hbond substituents is 2. The Bertz CT molecular complexity index is 578. The van der Waals surface area contributed by atoms with Crippen LogP contribution in [0.1, 0.15) is 23.7 Å². The fraction of sp³-hybridized carbons (Fsp3) is 0.200. The van der Waals surface area contributed by atoms with Crippen molar-refractivity contribution in [2.75, 3.05) is 0 Å². The summed E-state index contributed by atoms with van der Waals surface area (Å²) in [5.74, 6) is 1.34. The van der Waals surface area contributed by atoms with Gasteiger partial charge in [-0.05, 0) is 54.3 Å². The first-order chi connectivity index (χ1) is 8.72. The Kier molecular flexibility index (Phi) is 2.59. The van der Waals surface area contributed by atoms with Crippen molar-refractivity contribution in [2.24, 2.45) is 0 Å². The highest BCUT2D eigenvalue weighted by Gasteiger charge is 2.21. The first-order valence-electron chi connectivity index (χ1n) is 6.00. The molecule has 1 aliphatic heterocycles. The van der Waals surface area contributed by atoms with Crippen LogP contribution in [-0.2, 0) is 6.42 Å². The Hall–Kier alpha value is -2.16. The Labute approximate surface area is 105 Å². The van der Waals surface area contributed by atoms with Gasteiger partial charge in [0.15, 0.2) is 0 Å². The topological polar surface area (TPSA) is 49.7 Å². The van der Waals surface area contributed by atoms with Crippen molar-refractivity contribution in [2.45, 2.75) is 18.9 Å². The number of benzene rings is 2. The van der Waals surface area contributed by atoms with Crippen molar-refractivity contribution in [1.82, 2.24) is 0 Å². The summed E-state index contributed by atoms with van der Waals surface area (Å²) in [5, 5.41) is 18.9. The second-order valence-corrected chi connectivity index (χ2v) is 4.53. The molecule has 92 valence electrons. The van der Waals surface area contributed by atoms with Crippen LogP contribution in [0.15, 0.2) is 42.5 Å². The minimum Gasteiger partial charge on any atom is -0.508 e. The quantitative estimate of drug-likeness (QED) is 0.807. The standard InChI is InChI=1S/C15H14O3/c16-12-3-1-2-10(8-12)14-6-4-11-9-13(17)5-7-15(11)18-14/h1-3,5,7-9,14,16-17H,4,6H2. The van der Waals surface area contributed by atoms with E-state index in [2.05, 4.69) is 0 Å². The van der Waals surface area contributed by atoms with E-state index in [9.17, 15) is 10.2 Å². The largest absolute Gasteiger partial charge is 0.508 e. The third-order valence-electron chi connectivity index (χ3n) is 3.23. The lowest BCUT2D eigenvalue weighted by Crippen LogP contribution is -2.14. The fourth-order valence-electron chi connectivity index (χ4n) is 2.33. The molecule has 1 heterocycles. The molecule has 0 fully saturated rings. The van der Waals surface area contributed by atoms with Crippen LogP contribution in [0.2, 0.25) is 0 Å². The third-order valence-corrected chi connectivity index (χ3v) is 3.23. The van der Waals surface area contributed by atoms with Gasteiger partial charge in [0, 0.05) is 0 Å². The first-order valence-corrected chi connectivity index (χ1v) is 6.00. The van der Waals surface area contributed by atoms with Gasteiger partial charge in [0.05, 0.1) is 0 Å². The highest BCUT2D eigenvalue weighted by Crippen LogP contribution is 2.36. The molecule has 3 rings (SSSR count). The molecule has 2 aromatic rings. The van der Waals surface area contributed by atoms with Crippen LogP contribution < -0.4 is 4.74 Å². The zero-order valence-corrected chi connectivity index (χ0v) is 9.84. The van der Waals surface area contributed by atoms with E-state index in [0.717, 1.165) is 29.7 Å². The maximum atomic E-state index is 9.49. The molecule has 1 unspecified atom stereocenters. The second-order valence-electron chi connectivity index (χ2n) is 4.53. The van der Waals surface area contributed by atoms with Gasteiger partial charge in [-0.25, -0.2) is 0 Å². The number of hydrogen-bond donors (Lipinski definition) is 2. The number of ether oxygens (including phenoxy) is 1. The van der Waals surface area contributed by atoms with Crippen LogP contribution in [0, 0.1) is 0 Å². The van der Waals surface area contributed by atoms with Gasteiger partial charge in [-0.1, -0.05) is 12.1 Å². The summed E-state index contributed by atoms with van der Waals surface area (Å²) in [6, 6.07) is 12.3. The van der Waals surface area contributed by atoms with E-state index in [0.29, 0.717) is 0 Å². The monoisotopic (exact) mass is 242 g/mol. The minimum atomic E-state index is -0.0332. The molecule has 0 aromatic heterocycles. The number of rotatable bonds is 1. The lowest BCUT2D eigenvalue weighted by atomic mass is 9.97. The van der Waals surface area contributed by atoms with Gasteiger partial charge < -0.3 is 14.9 Å². The SMILES string of the molecule is Oc1cccc(C2CCc3cc(O)ccc3O2)c1. The molecule has 0 amide bonds. The summed E-state index contributed by atoms with van der Waals surface area (Å²) >= 11 is 0. The molecule has 1 atom stereocenters. The van der Waals surface area contributed by atoms with Crippen LogP contribution in [0.4, 0.5) is 0 Å². The smallest absolute Gasteiger partial charge is 0.124 e. The van der Waals surface area contributed by atoms with E-state index in [-0.39, 0.29) is 17.6 Å². The third kappa shape index (κ3) is 1.99. The first kappa shape index (κ1) is 11.0. The number of aromatic hydroxyl groups is 2. The van der Waals surface area contributed by atoms with Gasteiger partial charge in [0.25, 0.3) is 0 Å². The van der Waals surface area contributed by atoms with Gasteiger partial charge in [0.2, 0.25) is 0 Å². The van der Waals surface area contributed by atoms with Crippen LogP contribution in [0.25, 0.3) is 0 Å². The Balaban J connectivity index is 1.89. The molecule has 2 N–H and O–H groups in total. The summed E-state index contributed by atoms with van der Waals surface area (Å²) < 4.78 is 5.91. The molecule has 3 nitrogen and oxygen atoms in total. The molecule has 0 aliphatic carbocycles. The van der Waals surface area contributed by atoms with Gasteiger partial charge in [0.1, 0.15) is 23.4 Å². The average molecular weight is 242 g/mol. The van der Waals surface area contributed by atoms with Crippen molar-refractivity contribution < 1.29 is 14.9 Å². The van der Waals surface area contributed by atoms with E-state index < -0.39 is 0 Å². The van der Waals surface area contributed by atoms with Crippen LogP contribution in [0.5, 0.6) is 17.2 Å². The Morgan fingerprint density at radius 2 is 1.83 bits per heavy atom. The maximum Gasteiger partial charge on any atom is 0.124 e. The molecule has 2 aromatic carbocycles. The molecular formula is C15H14O3. The van der Waals surface area contributed by atoms with Gasteiger partial charge in [-0.2, -0.15) is 0 Å². The molecule has 1 aliphatic rings. The predicted octanol–water partition coefficient (Wildman–Crippen LogP) is 3.16. The van der Waals surface area contributed by atoms with E-state index in [1.807, 2.05) is 12.1 Å². The normalized spacial score (nSPS) is 17.9.